The normalized spacial score (nSPS) is 10.4. The van der Waals surface area contributed by atoms with Crippen molar-refractivity contribution in [3.8, 4) is 0 Å². The van der Waals surface area contributed by atoms with Gasteiger partial charge >= 0.3 is 0 Å². The van der Waals surface area contributed by atoms with E-state index in [1.807, 2.05) is 24.3 Å². The van der Waals surface area contributed by atoms with Gasteiger partial charge in [0.05, 0.1) is 11.1 Å². The number of hydrogen-bond donors (Lipinski definition) is 2. The van der Waals surface area contributed by atoms with Gasteiger partial charge in [0.1, 0.15) is 0 Å². The van der Waals surface area contributed by atoms with Gasteiger partial charge in [-0.15, -0.1) is 0 Å². The highest BCUT2D eigenvalue weighted by molar-refractivity contribution is 6.30. The van der Waals surface area contributed by atoms with Crippen LogP contribution in [0.25, 0.3) is 0 Å². The molecule has 2 amide bonds. The molecular weight excluding hydrogens is 397 g/mol. The molecule has 0 aliphatic heterocycles. The van der Waals surface area contributed by atoms with Crippen molar-refractivity contribution in [2.75, 3.05) is 0 Å². The highest BCUT2D eigenvalue weighted by Crippen LogP contribution is 2.11. The first-order valence-corrected chi connectivity index (χ1v) is 9.27. The number of nitrogens with zero attached hydrogens (tertiary/aromatic N) is 1. The van der Waals surface area contributed by atoms with Gasteiger partial charge in [0, 0.05) is 35.5 Å². The molecule has 1 aromatic heterocycles. The lowest BCUT2D eigenvalue weighted by atomic mass is 10.1. The number of aromatic nitrogens is 1. The molecule has 0 aliphatic rings. The van der Waals surface area contributed by atoms with Gasteiger partial charge in [-0.25, -0.2) is 0 Å². The van der Waals surface area contributed by atoms with E-state index in [0.29, 0.717) is 34.3 Å². The fourth-order valence-electron chi connectivity index (χ4n) is 2.46. The second-order valence-electron chi connectivity index (χ2n) is 6.08. The van der Waals surface area contributed by atoms with Crippen LogP contribution < -0.4 is 10.6 Å². The second-order valence-corrected chi connectivity index (χ2v) is 6.95. The molecule has 0 aliphatic carbocycles. The second kappa shape index (κ2) is 9.35. The Balaban J connectivity index is 1.58. The Morgan fingerprint density at radius 2 is 1.11 bits per heavy atom. The van der Waals surface area contributed by atoms with Crippen molar-refractivity contribution in [3.05, 3.63) is 99.3 Å². The molecule has 0 fully saturated rings. The first-order valence-electron chi connectivity index (χ1n) is 8.51. The average molecular weight is 414 g/mol. The van der Waals surface area contributed by atoms with E-state index in [0.717, 1.165) is 11.1 Å². The summed E-state index contributed by atoms with van der Waals surface area (Å²) in [6.07, 6.45) is 2.85. The van der Waals surface area contributed by atoms with Gasteiger partial charge in [-0.3, -0.25) is 14.6 Å². The smallest absolute Gasteiger partial charge is 0.253 e. The fourth-order valence-corrected chi connectivity index (χ4v) is 2.71. The molecule has 0 atom stereocenters. The maximum absolute atomic E-state index is 12.3. The van der Waals surface area contributed by atoms with Crippen LogP contribution in [-0.2, 0) is 13.1 Å². The van der Waals surface area contributed by atoms with Crippen molar-refractivity contribution in [2.45, 2.75) is 13.1 Å². The summed E-state index contributed by atoms with van der Waals surface area (Å²) in [5, 5.41) is 6.87. The molecule has 28 heavy (non-hydrogen) atoms. The molecule has 0 radical (unpaired) electrons. The molecule has 3 rings (SSSR count). The summed E-state index contributed by atoms with van der Waals surface area (Å²) in [6, 6.07) is 15.9. The number of halogens is 2. The van der Waals surface area contributed by atoms with Crippen molar-refractivity contribution < 1.29 is 9.59 Å². The van der Waals surface area contributed by atoms with Crippen LogP contribution >= 0.6 is 23.2 Å². The molecule has 142 valence electrons. The van der Waals surface area contributed by atoms with Crippen LogP contribution in [0.2, 0.25) is 10.0 Å². The lowest BCUT2D eigenvalue weighted by molar-refractivity contribution is 0.0950. The predicted molar refractivity (Wildman–Crippen MR) is 109 cm³/mol. The number of hydrogen-bond acceptors (Lipinski definition) is 3. The first kappa shape index (κ1) is 19.9. The molecule has 3 aromatic rings. The van der Waals surface area contributed by atoms with Crippen LogP contribution in [0.3, 0.4) is 0 Å². The van der Waals surface area contributed by atoms with Gasteiger partial charge in [-0.1, -0.05) is 47.5 Å². The van der Waals surface area contributed by atoms with Crippen LogP contribution in [0.1, 0.15) is 31.8 Å². The molecule has 0 unspecified atom stereocenters. The van der Waals surface area contributed by atoms with Crippen molar-refractivity contribution in [1.82, 2.24) is 15.6 Å². The maximum Gasteiger partial charge on any atom is 0.253 e. The minimum atomic E-state index is -0.310. The van der Waals surface area contributed by atoms with E-state index < -0.39 is 0 Å². The van der Waals surface area contributed by atoms with Crippen LogP contribution in [-0.4, -0.2) is 16.8 Å². The third kappa shape index (κ3) is 5.55. The summed E-state index contributed by atoms with van der Waals surface area (Å²) in [6.45, 7) is 0.700. The highest BCUT2D eigenvalue weighted by Gasteiger charge is 2.11. The van der Waals surface area contributed by atoms with E-state index in [2.05, 4.69) is 15.6 Å². The zero-order valence-electron chi connectivity index (χ0n) is 14.8. The third-order valence-electron chi connectivity index (χ3n) is 4.00. The Kier molecular flexibility index (Phi) is 6.63. The van der Waals surface area contributed by atoms with E-state index in [4.69, 9.17) is 23.2 Å². The van der Waals surface area contributed by atoms with Crippen LogP contribution in [0.4, 0.5) is 0 Å². The van der Waals surface area contributed by atoms with Crippen molar-refractivity contribution in [3.63, 3.8) is 0 Å². The third-order valence-corrected chi connectivity index (χ3v) is 4.50. The van der Waals surface area contributed by atoms with Gasteiger partial charge in [0.15, 0.2) is 0 Å². The van der Waals surface area contributed by atoms with Gasteiger partial charge < -0.3 is 10.6 Å². The zero-order chi connectivity index (χ0) is 19.9. The summed E-state index contributed by atoms with van der Waals surface area (Å²) in [5.41, 5.74) is 2.46. The number of pyridine rings is 1. The Morgan fingerprint density at radius 1 is 0.714 bits per heavy atom. The Labute approximate surface area is 172 Å². The molecule has 0 saturated carbocycles. The molecule has 0 saturated heterocycles. The quantitative estimate of drug-likeness (QED) is 0.634. The largest absolute Gasteiger partial charge is 0.348 e. The average Bonchev–Trinajstić information content (AvgIpc) is 2.72. The summed E-state index contributed by atoms with van der Waals surface area (Å²) in [5.74, 6) is -0.621. The lowest BCUT2D eigenvalue weighted by Gasteiger charge is -2.08. The summed E-state index contributed by atoms with van der Waals surface area (Å²) in [7, 11) is 0. The number of carbonyl (C=O) groups excluding carboxylic acids is 2. The van der Waals surface area contributed by atoms with Crippen molar-refractivity contribution in [1.29, 1.82) is 0 Å². The van der Waals surface area contributed by atoms with E-state index >= 15 is 0 Å². The molecule has 2 aromatic carbocycles. The van der Waals surface area contributed by atoms with Crippen molar-refractivity contribution >= 4 is 35.0 Å². The minimum Gasteiger partial charge on any atom is -0.348 e. The van der Waals surface area contributed by atoms with Gasteiger partial charge in [-0.2, -0.15) is 0 Å². The summed E-state index contributed by atoms with van der Waals surface area (Å²) >= 11 is 11.7. The molecule has 1 heterocycles. The van der Waals surface area contributed by atoms with Gasteiger partial charge in [0.2, 0.25) is 0 Å². The Bertz CT molecular complexity index is 897. The fraction of sp³-hybridized carbons (Fsp3) is 0.0952. The van der Waals surface area contributed by atoms with Crippen LogP contribution in [0, 0.1) is 0 Å². The highest BCUT2D eigenvalue weighted by atomic mass is 35.5. The van der Waals surface area contributed by atoms with E-state index in [1.54, 1.807) is 24.3 Å². The summed E-state index contributed by atoms with van der Waals surface area (Å²) in [4.78, 5) is 28.7. The molecule has 2 N–H and O–H groups in total. The maximum atomic E-state index is 12.3. The van der Waals surface area contributed by atoms with E-state index in [9.17, 15) is 9.59 Å². The molecule has 0 bridgehead atoms. The molecular formula is C21H17Cl2N3O2. The van der Waals surface area contributed by atoms with Crippen LogP contribution in [0.5, 0.6) is 0 Å². The van der Waals surface area contributed by atoms with E-state index in [-0.39, 0.29) is 11.8 Å². The van der Waals surface area contributed by atoms with E-state index in [1.165, 1.54) is 18.5 Å². The number of nitrogens with one attached hydrogen (secondary N) is 2. The number of rotatable bonds is 6. The number of carbonyl (C=O) groups is 2. The minimum absolute atomic E-state index is 0.310. The molecule has 0 spiro atoms. The van der Waals surface area contributed by atoms with Gasteiger partial charge in [-0.05, 0) is 41.5 Å². The first-order chi connectivity index (χ1) is 13.5. The molecule has 7 heteroatoms. The number of benzene rings is 2. The standard InChI is InChI=1S/C21H17Cl2N3O2/c22-18-5-1-14(2-6-18)10-25-20(27)16-9-17(13-24-12-16)21(28)26-11-15-3-7-19(23)8-4-15/h1-9,12-13H,10-11H2,(H,25,27)(H,26,28). The predicted octanol–water partition coefficient (Wildman–Crippen LogP) is 4.25. The van der Waals surface area contributed by atoms with Gasteiger partial charge in [0.25, 0.3) is 11.8 Å². The Hall–Kier alpha value is -2.89. The topological polar surface area (TPSA) is 71.1 Å². The Morgan fingerprint density at radius 3 is 1.50 bits per heavy atom. The number of amides is 2. The zero-order valence-corrected chi connectivity index (χ0v) is 16.3. The monoisotopic (exact) mass is 413 g/mol. The summed E-state index contributed by atoms with van der Waals surface area (Å²) < 4.78 is 0. The SMILES string of the molecule is O=C(NCc1ccc(Cl)cc1)c1cncc(C(=O)NCc2ccc(Cl)cc2)c1. The van der Waals surface area contributed by atoms with Crippen LogP contribution in [0.15, 0.2) is 67.0 Å². The van der Waals surface area contributed by atoms with Crippen molar-refractivity contribution in [2.24, 2.45) is 0 Å². The lowest BCUT2D eigenvalue weighted by Crippen LogP contribution is -2.25. The molecule has 5 nitrogen and oxygen atoms in total.